The minimum Gasteiger partial charge on any atom is -0.487 e. The summed E-state index contributed by atoms with van der Waals surface area (Å²) in [7, 11) is 1.86. The van der Waals surface area contributed by atoms with Gasteiger partial charge in [-0.3, -0.25) is 4.68 Å². The molecule has 1 aromatic heterocycles. The number of nitrogens with zero attached hydrogens (tertiary/aromatic N) is 2. The van der Waals surface area contributed by atoms with Gasteiger partial charge in [0.05, 0.1) is 18.0 Å². The largest absolute Gasteiger partial charge is 0.487 e. The SMILES string of the molecule is CCc1cc(COc2ccc(F)cc2CO)n(C)n1. The highest BCUT2D eigenvalue weighted by atomic mass is 19.1. The third kappa shape index (κ3) is 3.12. The van der Waals surface area contributed by atoms with Crippen molar-refractivity contribution in [1.29, 1.82) is 0 Å². The highest BCUT2D eigenvalue weighted by Crippen LogP contribution is 2.21. The van der Waals surface area contributed by atoms with Crippen LogP contribution < -0.4 is 4.74 Å². The lowest BCUT2D eigenvalue weighted by atomic mass is 10.2. The first kappa shape index (κ1) is 13.5. The first-order valence-electron chi connectivity index (χ1n) is 6.18. The standard InChI is InChI=1S/C14H17FN2O2/c1-3-12-7-13(17(2)16-12)9-19-14-5-4-11(15)6-10(14)8-18/h4-7,18H,3,8-9H2,1-2H3. The van der Waals surface area contributed by atoms with Crippen LogP contribution in [0.15, 0.2) is 24.3 Å². The van der Waals surface area contributed by atoms with E-state index < -0.39 is 0 Å². The molecule has 0 bridgehead atoms. The van der Waals surface area contributed by atoms with Crippen molar-refractivity contribution in [2.75, 3.05) is 0 Å². The van der Waals surface area contributed by atoms with Gasteiger partial charge in [-0.15, -0.1) is 0 Å². The maximum atomic E-state index is 13.0. The number of benzene rings is 1. The third-order valence-corrected chi connectivity index (χ3v) is 2.96. The molecular formula is C14H17FN2O2. The van der Waals surface area contributed by atoms with Gasteiger partial charge in [-0.25, -0.2) is 4.39 Å². The average molecular weight is 264 g/mol. The van der Waals surface area contributed by atoms with Gasteiger partial charge >= 0.3 is 0 Å². The van der Waals surface area contributed by atoms with Crippen LogP contribution in [0.3, 0.4) is 0 Å². The molecule has 0 aliphatic carbocycles. The summed E-state index contributed by atoms with van der Waals surface area (Å²) >= 11 is 0. The molecule has 4 nitrogen and oxygen atoms in total. The Hall–Kier alpha value is -1.88. The molecule has 0 radical (unpaired) electrons. The van der Waals surface area contributed by atoms with Crippen molar-refractivity contribution in [2.24, 2.45) is 7.05 Å². The van der Waals surface area contributed by atoms with Crippen LogP contribution >= 0.6 is 0 Å². The number of halogens is 1. The van der Waals surface area contributed by atoms with E-state index in [0.717, 1.165) is 17.8 Å². The van der Waals surface area contributed by atoms with Gasteiger partial charge in [0.15, 0.2) is 0 Å². The molecular weight excluding hydrogens is 247 g/mol. The van der Waals surface area contributed by atoms with Crippen LogP contribution in [0.25, 0.3) is 0 Å². The van der Waals surface area contributed by atoms with Crippen LogP contribution in [0.4, 0.5) is 4.39 Å². The molecule has 1 aromatic carbocycles. The normalized spacial score (nSPS) is 10.7. The first-order valence-corrected chi connectivity index (χ1v) is 6.18. The van der Waals surface area contributed by atoms with Gasteiger partial charge in [0.25, 0.3) is 0 Å². The maximum absolute atomic E-state index is 13.0. The number of rotatable bonds is 5. The summed E-state index contributed by atoms with van der Waals surface area (Å²) in [6.45, 7) is 2.12. The lowest BCUT2D eigenvalue weighted by Crippen LogP contribution is -2.04. The van der Waals surface area contributed by atoms with E-state index >= 15 is 0 Å². The van der Waals surface area contributed by atoms with Crippen LogP contribution in [0.5, 0.6) is 5.75 Å². The fourth-order valence-corrected chi connectivity index (χ4v) is 1.84. The zero-order valence-corrected chi connectivity index (χ0v) is 11.1. The zero-order valence-electron chi connectivity index (χ0n) is 11.1. The van der Waals surface area contributed by atoms with E-state index in [1.165, 1.54) is 18.2 Å². The number of aliphatic hydroxyl groups excluding tert-OH is 1. The molecule has 0 saturated heterocycles. The van der Waals surface area contributed by atoms with E-state index in [1.807, 2.05) is 20.0 Å². The molecule has 2 rings (SSSR count). The Bertz CT molecular complexity index is 567. The van der Waals surface area contributed by atoms with Crippen LogP contribution in [0.1, 0.15) is 23.9 Å². The summed E-state index contributed by atoms with van der Waals surface area (Å²) < 4.78 is 20.4. The van der Waals surface area contributed by atoms with Crippen molar-refractivity contribution in [1.82, 2.24) is 9.78 Å². The van der Waals surface area contributed by atoms with Crippen molar-refractivity contribution in [2.45, 2.75) is 26.6 Å². The van der Waals surface area contributed by atoms with Gasteiger partial charge in [0, 0.05) is 12.6 Å². The summed E-state index contributed by atoms with van der Waals surface area (Å²) in [4.78, 5) is 0. The molecule has 5 heteroatoms. The van der Waals surface area contributed by atoms with Gasteiger partial charge in [-0.1, -0.05) is 6.92 Å². The molecule has 0 aliphatic rings. The molecule has 2 aromatic rings. The van der Waals surface area contributed by atoms with Gasteiger partial charge in [-0.2, -0.15) is 5.10 Å². The Kier molecular flexibility index (Phi) is 4.16. The predicted molar refractivity (Wildman–Crippen MR) is 69.2 cm³/mol. The van der Waals surface area contributed by atoms with Crippen molar-refractivity contribution in [3.05, 3.63) is 47.0 Å². The summed E-state index contributed by atoms with van der Waals surface area (Å²) in [5.41, 5.74) is 2.38. The Balaban J connectivity index is 2.11. The zero-order chi connectivity index (χ0) is 13.8. The Labute approximate surface area is 111 Å². The number of ether oxygens (including phenoxy) is 1. The van der Waals surface area contributed by atoms with Crippen LogP contribution in [0, 0.1) is 5.82 Å². The molecule has 0 atom stereocenters. The number of hydrogen-bond acceptors (Lipinski definition) is 3. The fourth-order valence-electron chi connectivity index (χ4n) is 1.84. The lowest BCUT2D eigenvalue weighted by Gasteiger charge is -2.10. The highest BCUT2D eigenvalue weighted by Gasteiger charge is 2.08. The Morgan fingerprint density at radius 2 is 2.16 bits per heavy atom. The van der Waals surface area contributed by atoms with E-state index in [4.69, 9.17) is 4.74 Å². The third-order valence-electron chi connectivity index (χ3n) is 2.96. The summed E-state index contributed by atoms with van der Waals surface area (Å²) in [5.74, 6) is 0.105. The number of aliphatic hydroxyl groups is 1. The first-order chi connectivity index (χ1) is 9.13. The highest BCUT2D eigenvalue weighted by molar-refractivity contribution is 5.33. The van der Waals surface area contributed by atoms with Gasteiger partial charge in [0.2, 0.25) is 0 Å². The smallest absolute Gasteiger partial charge is 0.130 e. The average Bonchev–Trinajstić information content (AvgIpc) is 2.78. The molecule has 19 heavy (non-hydrogen) atoms. The van der Waals surface area contributed by atoms with E-state index in [9.17, 15) is 9.50 Å². The van der Waals surface area contributed by atoms with Crippen molar-refractivity contribution in [3.63, 3.8) is 0 Å². The van der Waals surface area contributed by atoms with Gasteiger partial charge in [0.1, 0.15) is 18.2 Å². The van der Waals surface area contributed by atoms with Gasteiger partial charge in [-0.05, 0) is 30.7 Å². The molecule has 0 saturated carbocycles. The van der Waals surface area contributed by atoms with Crippen molar-refractivity contribution >= 4 is 0 Å². The van der Waals surface area contributed by atoms with Crippen LogP contribution in [-0.4, -0.2) is 14.9 Å². The Morgan fingerprint density at radius 1 is 1.37 bits per heavy atom. The second kappa shape index (κ2) is 5.84. The summed E-state index contributed by atoms with van der Waals surface area (Å²) in [6.07, 6.45) is 0.867. The molecule has 1 N–H and O–H groups in total. The summed E-state index contributed by atoms with van der Waals surface area (Å²) in [5, 5.41) is 13.5. The van der Waals surface area contributed by atoms with E-state index in [2.05, 4.69) is 5.10 Å². The number of aromatic nitrogens is 2. The lowest BCUT2D eigenvalue weighted by molar-refractivity contribution is 0.254. The van der Waals surface area contributed by atoms with Crippen molar-refractivity contribution in [3.8, 4) is 5.75 Å². The molecule has 0 aliphatic heterocycles. The quantitative estimate of drug-likeness (QED) is 0.900. The minimum atomic E-state index is -0.384. The molecule has 0 amide bonds. The fraction of sp³-hybridized carbons (Fsp3) is 0.357. The predicted octanol–water partition coefficient (Wildman–Crippen LogP) is 2.19. The summed E-state index contributed by atoms with van der Waals surface area (Å²) in [6, 6.07) is 6.09. The number of aryl methyl sites for hydroxylation is 2. The topological polar surface area (TPSA) is 47.3 Å². The molecule has 1 heterocycles. The van der Waals surface area contributed by atoms with Crippen LogP contribution in [0.2, 0.25) is 0 Å². The Morgan fingerprint density at radius 3 is 2.79 bits per heavy atom. The molecule has 0 spiro atoms. The second-order valence-electron chi connectivity index (χ2n) is 4.30. The minimum absolute atomic E-state index is 0.251. The van der Waals surface area contributed by atoms with Gasteiger partial charge < -0.3 is 9.84 Å². The molecule has 102 valence electrons. The second-order valence-corrected chi connectivity index (χ2v) is 4.30. The van der Waals surface area contributed by atoms with Crippen LogP contribution in [-0.2, 0) is 26.7 Å². The maximum Gasteiger partial charge on any atom is 0.130 e. The van der Waals surface area contributed by atoms with Crippen molar-refractivity contribution < 1.29 is 14.2 Å². The number of hydrogen-bond donors (Lipinski definition) is 1. The molecule has 0 fully saturated rings. The molecule has 0 unspecified atom stereocenters. The van der Waals surface area contributed by atoms with E-state index in [1.54, 1.807) is 4.68 Å². The monoisotopic (exact) mass is 264 g/mol. The van der Waals surface area contributed by atoms with E-state index in [0.29, 0.717) is 17.9 Å². The van der Waals surface area contributed by atoms with E-state index in [-0.39, 0.29) is 12.4 Å².